The molecule has 1 saturated carbocycles. The van der Waals surface area contributed by atoms with E-state index in [1.54, 1.807) is 0 Å². The van der Waals surface area contributed by atoms with Crippen molar-refractivity contribution in [1.29, 1.82) is 0 Å². The highest BCUT2D eigenvalue weighted by Crippen LogP contribution is 2.26. The molecular weight excluding hydrogens is 324 g/mol. The molecule has 5 nitrogen and oxygen atoms in total. The minimum Gasteiger partial charge on any atom is -0.785 e. The lowest BCUT2D eigenvalue weighted by Crippen LogP contribution is -2.37. The van der Waals surface area contributed by atoms with Crippen LogP contribution in [0.25, 0.3) is 0 Å². The highest BCUT2D eigenvalue weighted by molar-refractivity contribution is 7.87. The van der Waals surface area contributed by atoms with Crippen LogP contribution in [0, 0.1) is 5.21 Å². The van der Waals surface area contributed by atoms with Crippen molar-refractivity contribution < 1.29 is 9.32 Å². The Morgan fingerprint density at radius 1 is 1.38 bits per heavy atom. The van der Waals surface area contributed by atoms with Crippen LogP contribution in [0.3, 0.4) is 0 Å². The second-order valence-corrected chi connectivity index (χ2v) is 8.97. The van der Waals surface area contributed by atoms with Crippen molar-refractivity contribution in [2.75, 3.05) is 11.3 Å². The molecule has 2 atom stereocenters. The van der Waals surface area contributed by atoms with Crippen molar-refractivity contribution in [3.63, 3.8) is 0 Å². The number of aliphatic hydroxyl groups is 1. The van der Waals surface area contributed by atoms with Gasteiger partial charge in [0.15, 0.2) is 0 Å². The molecular formula is C18H29N2O3S-. The van der Waals surface area contributed by atoms with Gasteiger partial charge in [-0.2, -0.15) is 0 Å². The molecule has 1 aliphatic carbocycles. The number of rotatable bonds is 7. The molecule has 0 saturated heterocycles. The number of nitrogens with zero attached hydrogens (tertiary/aromatic N) is 1. The first kappa shape index (κ1) is 19.4. The van der Waals surface area contributed by atoms with E-state index in [0.29, 0.717) is 6.42 Å². The normalized spacial score (nSPS) is 18.8. The molecule has 24 heavy (non-hydrogen) atoms. The Hall–Kier alpha value is -0.950. The van der Waals surface area contributed by atoms with Gasteiger partial charge < -0.3 is 20.1 Å². The minimum atomic E-state index is -1.08. The van der Waals surface area contributed by atoms with Crippen LogP contribution in [0.5, 0.6) is 0 Å². The number of hydrogen-bond donors (Lipinski definition) is 2. The van der Waals surface area contributed by atoms with Crippen molar-refractivity contribution >= 4 is 16.7 Å². The summed E-state index contributed by atoms with van der Waals surface area (Å²) in [5.41, 5.74) is 1.04. The molecule has 0 heterocycles. The van der Waals surface area contributed by atoms with E-state index in [4.69, 9.17) is 0 Å². The van der Waals surface area contributed by atoms with E-state index in [2.05, 4.69) is 4.72 Å². The second kappa shape index (κ2) is 8.43. The Balaban J connectivity index is 1.92. The molecule has 1 aromatic carbocycles. The Bertz CT molecular complexity index is 553. The maximum atomic E-state index is 12.3. The van der Waals surface area contributed by atoms with Crippen molar-refractivity contribution in [3.05, 3.63) is 35.0 Å². The maximum Gasteiger partial charge on any atom is 0.120 e. The minimum absolute atomic E-state index is 0.222. The first-order valence-electron chi connectivity index (χ1n) is 8.67. The fourth-order valence-electron chi connectivity index (χ4n) is 2.85. The predicted molar refractivity (Wildman–Crippen MR) is 99.9 cm³/mol. The molecule has 0 spiro atoms. The van der Waals surface area contributed by atoms with Crippen LogP contribution in [-0.2, 0) is 11.0 Å². The Morgan fingerprint density at radius 2 is 2.04 bits per heavy atom. The molecule has 0 bridgehead atoms. The second-order valence-electron chi connectivity index (χ2n) is 7.51. The highest BCUT2D eigenvalue weighted by atomic mass is 32.2. The van der Waals surface area contributed by atoms with Crippen molar-refractivity contribution in [2.45, 2.75) is 69.8 Å². The van der Waals surface area contributed by atoms with Crippen molar-refractivity contribution in [3.8, 4) is 0 Å². The summed E-state index contributed by atoms with van der Waals surface area (Å²) < 4.78 is 15.4. The molecule has 0 amide bonds. The molecule has 136 valence electrons. The number of hydrogen-bond acceptors (Lipinski definition) is 4. The number of nitrogens with one attached hydrogen (secondary N) is 1. The van der Waals surface area contributed by atoms with Gasteiger partial charge in [-0.25, -0.2) is 4.21 Å². The van der Waals surface area contributed by atoms with Crippen LogP contribution < -0.4 is 4.72 Å². The van der Waals surface area contributed by atoms with E-state index >= 15 is 0 Å². The van der Waals surface area contributed by atoms with E-state index in [0.717, 1.165) is 42.0 Å². The first-order valence-corrected chi connectivity index (χ1v) is 9.88. The van der Waals surface area contributed by atoms with Crippen LogP contribution in [0.1, 0.15) is 64.5 Å². The molecule has 2 unspecified atom stereocenters. The number of anilines is 1. The summed E-state index contributed by atoms with van der Waals surface area (Å²) in [6, 6.07) is 7.36. The van der Waals surface area contributed by atoms with Crippen LogP contribution >= 0.6 is 0 Å². The van der Waals surface area contributed by atoms with E-state index in [1.165, 1.54) is 0 Å². The fourth-order valence-corrected chi connectivity index (χ4v) is 4.14. The predicted octanol–water partition coefficient (Wildman–Crippen LogP) is 3.73. The summed E-state index contributed by atoms with van der Waals surface area (Å²) in [6.07, 6.45) is 3.98. The zero-order valence-corrected chi connectivity index (χ0v) is 15.6. The molecule has 0 aromatic heterocycles. The standard InChI is InChI=1S/C18H29N2O3S/c1-18(2,3)20(22)12-11-17(21)14-7-6-8-15(13-14)19-24(23)16-9-4-5-10-16/h6-8,13,16-17,19,21H,4-5,9-12H2,1-3H3/q-1. The van der Waals surface area contributed by atoms with E-state index in [1.807, 2.05) is 45.0 Å². The van der Waals surface area contributed by atoms with Gasteiger partial charge in [0.05, 0.1) is 11.4 Å². The summed E-state index contributed by atoms with van der Waals surface area (Å²) in [6.45, 7) is 5.84. The van der Waals surface area contributed by atoms with Crippen LogP contribution in [0.15, 0.2) is 24.3 Å². The van der Waals surface area contributed by atoms with Crippen LogP contribution in [0.2, 0.25) is 0 Å². The first-order chi connectivity index (χ1) is 11.3. The van der Waals surface area contributed by atoms with Gasteiger partial charge in [-0.05, 0) is 64.3 Å². The number of hydroxylamine groups is 2. The van der Waals surface area contributed by atoms with Gasteiger partial charge in [-0.15, -0.1) is 0 Å². The summed E-state index contributed by atoms with van der Waals surface area (Å²) in [5, 5.41) is 23.5. The van der Waals surface area contributed by atoms with E-state index < -0.39 is 22.6 Å². The molecule has 6 heteroatoms. The van der Waals surface area contributed by atoms with Crippen LogP contribution in [-0.4, -0.2) is 31.7 Å². The van der Waals surface area contributed by atoms with Crippen molar-refractivity contribution in [2.24, 2.45) is 0 Å². The highest BCUT2D eigenvalue weighted by Gasteiger charge is 2.21. The average Bonchev–Trinajstić information content (AvgIpc) is 3.06. The number of benzene rings is 1. The van der Waals surface area contributed by atoms with E-state index in [9.17, 15) is 14.5 Å². The Kier molecular flexibility index (Phi) is 6.80. The SMILES string of the molecule is CC(C)(C)N([O-])CCC(O)c1cccc(NS(=O)C2CCCC2)c1. The lowest BCUT2D eigenvalue weighted by atomic mass is 10.0. The lowest BCUT2D eigenvalue weighted by molar-refractivity contribution is 0.128. The maximum absolute atomic E-state index is 12.3. The Labute approximate surface area is 147 Å². The van der Waals surface area contributed by atoms with Gasteiger partial charge in [-0.1, -0.05) is 25.0 Å². The molecule has 1 aliphatic rings. The average molecular weight is 354 g/mol. The van der Waals surface area contributed by atoms with E-state index in [-0.39, 0.29) is 11.8 Å². The third-order valence-corrected chi connectivity index (χ3v) is 5.96. The molecule has 1 aromatic rings. The largest absolute Gasteiger partial charge is 0.785 e. The molecule has 2 N–H and O–H groups in total. The monoisotopic (exact) mass is 353 g/mol. The van der Waals surface area contributed by atoms with Gasteiger partial charge in [0, 0.05) is 11.2 Å². The zero-order chi connectivity index (χ0) is 17.7. The quantitative estimate of drug-likeness (QED) is 0.733. The summed E-state index contributed by atoms with van der Waals surface area (Å²) in [5.74, 6) is 0. The number of aliphatic hydroxyl groups excluding tert-OH is 1. The third-order valence-electron chi connectivity index (χ3n) is 4.45. The van der Waals surface area contributed by atoms with Gasteiger partial charge >= 0.3 is 0 Å². The lowest BCUT2D eigenvalue weighted by Gasteiger charge is -2.41. The fraction of sp³-hybridized carbons (Fsp3) is 0.667. The van der Waals surface area contributed by atoms with Gasteiger partial charge in [-0.3, -0.25) is 0 Å². The molecule has 2 rings (SSSR count). The molecule has 0 radical (unpaired) electrons. The third kappa shape index (κ3) is 5.55. The summed E-state index contributed by atoms with van der Waals surface area (Å²) in [4.78, 5) is 0. The zero-order valence-electron chi connectivity index (χ0n) is 14.8. The topological polar surface area (TPSA) is 75.6 Å². The van der Waals surface area contributed by atoms with Gasteiger partial charge in [0.2, 0.25) is 0 Å². The summed E-state index contributed by atoms with van der Waals surface area (Å²) >= 11 is 0. The smallest absolute Gasteiger partial charge is 0.120 e. The van der Waals surface area contributed by atoms with Gasteiger partial charge in [0.1, 0.15) is 11.0 Å². The summed E-state index contributed by atoms with van der Waals surface area (Å²) in [7, 11) is -1.08. The Morgan fingerprint density at radius 3 is 2.67 bits per heavy atom. The molecule has 1 fully saturated rings. The van der Waals surface area contributed by atoms with Gasteiger partial charge in [0.25, 0.3) is 0 Å². The van der Waals surface area contributed by atoms with Crippen LogP contribution in [0.4, 0.5) is 5.69 Å². The molecule has 0 aliphatic heterocycles. The van der Waals surface area contributed by atoms with Crippen molar-refractivity contribution in [1.82, 2.24) is 5.06 Å².